The highest BCUT2D eigenvalue weighted by Gasteiger charge is 2.28. The van der Waals surface area contributed by atoms with Crippen LogP contribution in [-0.4, -0.2) is 37.2 Å². The predicted molar refractivity (Wildman–Crippen MR) is 84.3 cm³/mol. The molecular weight excluding hydrogens is 248 g/mol. The van der Waals surface area contributed by atoms with Crippen molar-refractivity contribution >= 4 is 0 Å². The van der Waals surface area contributed by atoms with E-state index in [0.29, 0.717) is 18.1 Å². The number of hydrogen-bond donors (Lipinski definition) is 1. The number of hydrogen-bond acceptors (Lipinski definition) is 3. The van der Waals surface area contributed by atoms with Gasteiger partial charge in [-0.15, -0.1) is 0 Å². The molecule has 1 N–H and O–H groups in total. The van der Waals surface area contributed by atoms with Gasteiger partial charge in [0.25, 0.3) is 0 Å². The van der Waals surface area contributed by atoms with Crippen molar-refractivity contribution in [2.24, 2.45) is 0 Å². The lowest BCUT2D eigenvalue weighted by molar-refractivity contribution is 0.0960. The van der Waals surface area contributed by atoms with Crippen molar-refractivity contribution in [2.75, 3.05) is 20.2 Å². The van der Waals surface area contributed by atoms with Gasteiger partial charge in [-0.3, -0.25) is 4.90 Å². The minimum Gasteiger partial charge on any atom is -0.497 e. The Hall–Kier alpha value is -1.06. The van der Waals surface area contributed by atoms with Crippen LogP contribution in [0.5, 0.6) is 5.75 Å². The Morgan fingerprint density at radius 1 is 1.35 bits per heavy atom. The first-order valence-electron chi connectivity index (χ1n) is 7.78. The van der Waals surface area contributed by atoms with Gasteiger partial charge in [-0.25, -0.2) is 0 Å². The van der Waals surface area contributed by atoms with Crippen molar-refractivity contribution in [3.63, 3.8) is 0 Å². The van der Waals surface area contributed by atoms with Crippen LogP contribution in [0.25, 0.3) is 0 Å². The summed E-state index contributed by atoms with van der Waals surface area (Å²) >= 11 is 0. The zero-order valence-electron chi connectivity index (χ0n) is 13.2. The molecule has 0 radical (unpaired) electrons. The van der Waals surface area contributed by atoms with Gasteiger partial charge in [0.2, 0.25) is 0 Å². The average Bonchev–Trinajstić information content (AvgIpc) is 2.47. The molecule has 0 bridgehead atoms. The van der Waals surface area contributed by atoms with Crippen LogP contribution in [0.15, 0.2) is 24.3 Å². The minimum absolute atomic E-state index is 0.471. The van der Waals surface area contributed by atoms with Crippen molar-refractivity contribution in [3.8, 4) is 5.75 Å². The molecule has 1 fully saturated rings. The third kappa shape index (κ3) is 3.53. The Labute approximate surface area is 123 Å². The van der Waals surface area contributed by atoms with Crippen LogP contribution in [0.1, 0.15) is 45.2 Å². The summed E-state index contributed by atoms with van der Waals surface area (Å²) in [5.74, 6) is 0.930. The second-order valence-corrected chi connectivity index (χ2v) is 5.81. The van der Waals surface area contributed by atoms with E-state index >= 15 is 0 Å². The SMILES string of the molecule is CCNC1CCN(C(C)c2ccc(OC)cc2)C(C)C1. The molecule has 1 aliphatic rings. The van der Waals surface area contributed by atoms with E-state index in [1.54, 1.807) is 7.11 Å². The van der Waals surface area contributed by atoms with Gasteiger partial charge in [0.1, 0.15) is 5.75 Å². The molecule has 1 aliphatic heterocycles. The van der Waals surface area contributed by atoms with Crippen LogP contribution < -0.4 is 10.1 Å². The van der Waals surface area contributed by atoms with Crippen LogP contribution in [-0.2, 0) is 0 Å². The summed E-state index contributed by atoms with van der Waals surface area (Å²) in [4.78, 5) is 2.62. The van der Waals surface area contributed by atoms with Gasteiger partial charge in [0.05, 0.1) is 7.11 Å². The largest absolute Gasteiger partial charge is 0.497 e. The number of benzene rings is 1. The summed E-state index contributed by atoms with van der Waals surface area (Å²) in [6, 6.07) is 10.3. The van der Waals surface area contributed by atoms with E-state index in [1.165, 1.54) is 24.9 Å². The smallest absolute Gasteiger partial charge is 0.118 e. The Balaban J connectivity index is 1.99. The predicted octanol–water partition coefficient (Wildman–Crippen LogP) is 3.22. The Morgan fingerprint density at radius 2 is 2.05 bits per heavy atom. The zero-order valence-corrected chi connectivity index (χ0v) is 13.2. The molecule has 0 aliphatic carbocycles. The monoisotopic (exact) mass is 276 g/mol. The second-order valence-electron chi connectivity index (χ2n) is 5.81. The average molecular weight is 276 g/mol. The Kier molecular flexibility index (Phi) is 5.44. The molecule has 1 aromatic carbocycles. The third-order valence-corrected chi connectivity index (χ3v) is 4.52. The fourth-order valence-corrected chi connectivity index (χ4v) is 3.31. The maximum atomic E-state index is 5.23. The zero-order chi connectivity index (χ0) is 14.5. The highest BCUT2D eigenvalue weighted by molar-refractivity contribution is 5.29. The van der Waals surface area contributed by atoms with Gasteiger partial charge in [-0.1, -0.05) is 19.1 Å². The molecule has 1 heterocycles. The fourth-order valence-electron chi connectivity index (χ4n) is 3.31. The first-order chi connectivity index (χ1) is 9.65. The molecule has 0 saturated carbocycles. The number of rotatable bonds is 5. The van der Waals surface area contributed by atoms with Gasteiger partial charge in [0.15, 0.2) is 0 Å². The lowest BCUT2D eigenvalue weighted by Gasteiger charge is -2.41. The Bertz CT molecular complexity index is 404. The fraction of sp³-hybridized carbons (Fsp3) is 0.647. The summed E-state index contributed by atoms with van der Waals surface area (Å²) in [5, 5.41) is 3.59. The van der Waals surface area contributed by atoms with Gasteiger partial charge < -0.3 is 10.1 Å². The van der Waals surface area contributed by atoms with E-state index in [0.717, 1.165) is 12.3 Å². The second kappa shape index (κ2) is 7.09. The van der Waals surface area contributed by atoms with Gasteiger partial charge in [-0.05, 0) is 50.9 Å². The van der Waals surface area contributed by atoms with Crippen LogP contribution in [0.2, 0.25) is 0 Å². The highest BCUT2D eigenvalue weighted by Crippen LogP contribution is 2.29. The Morgan fingerprint density at radius 3 is 2.60 bits per heavy atom. The van der Waals surface area contributed by atoms with Crippen molar-refractivity contribution in [1.82, 2.24) is 10.2 Å². The number of piperidine rings is 1. The molecule has 2 rings (SSSR count). The molecule has 20 heavy (non-hydrogen) atoms. The lowest BCUT2D eigenvalue weighted by Crippen LogP contribution is -2.48. The van der Waals surface area contributed by atoms with Crippen LogP contribution in [0.3, 0.4) is 0 Å². The molecule has 0 aromatic heterocycles. The molecule has 112 valence electrons. The van der Waals surface area contributed by atoms with Crippen LogP contribution in [0.4, 0.5) is 0 Å². The van der Waals surface area contributed by atoms with Crippen molar-refractivity contribution < 1.29 is 4.74 Å². The number of likely N-dealkylation sites (tertiary alicyclic amines) is 1. The quantitative estimate of drug-likeness (QED) is 0.893. The molecule has 3 unspecified atom stereocenters. The molecule has 3 nitrogen and oxygen atoms in total. The first kappa shape index (κ1) is 15.3. The minimum atomic E-state index is 0.471. The molecular formula is C17H28N2O. The van der Waals surface area contributed by atoms with E-state index in [1.807, 2.05) is 0 Å². The summed E-state index contributed by atoms with van der Waals surface area (Å²) in [6.07, 6.45) is 2.49. The molecule has 1 saturated heterocycles. The van der Waals surface area contributed by atoms with Crippen molar-refractivity contribution in [2.45, 2.75) is 51.7 Å². The van der Waals surface area contributed by atoms with Crippen LogP contribution in [0, 0.1) is 0 Å². The van der Waals surface area contributed by atoms with E-state index < -0.39 is 0 Å². The number of methoxy groups -OCH3 is 1. The molecule has 3 heteroatoms. The topological polar surface area (TPSA) is 24.5 Å². The molecule has 0 spiro atoms. The molecule has 0 amide bonds. The maximum Gasteiger partial charge on any atom is 0.118 e. The van der Waals surface area contributed by atoms with E-state index in [9.17, 15) is 0 Å². The maximum absolute atomic E-state index is 5.23. The van der Waals surface area contributed by atoms with Crippen molar-refractivity contribution in [3.05, 3.63) is 29.8 Å². The van der Waals surface area contributed by atoms with Gasteiger partial charge in [0, 0.05) is 24.7 Å². The number of nitrogens with zero attached hydrogens (tertiary/aromatic N) is 1. The van der Waals surface area contributed by atoms with Crippen LogP contribution >= 0.6 is 0 Å². The first-order valence-corrected chi connectivity index (χ1v) is 7.78. The normalized spacial score (nSPS) is 25.4. The van der Waals surface area contributed by atoms with E-state index in [-0.39, 0.29) is 0 Å². The van der Waals surface area contributed by atoms with Gasteiger partial charge in [-0.2, -0.15) is 0 Å². The summed E-state index contributed by atoms with van der Waals surface area (Å²) in [6.45, 7) is 9.10. The van der Waals surface area contributed by atoms with E-state index in [4.69, 9.17) is 4.74 Å². The van der Waals surface area contributed by atoms with Gasteiger partial charge >= 0.3 is 0 Å². The lowest BCUT2D eigenvalue weighted by atomic mass is 9.94. The number of nitrogens with one attached hydrogen (secondary N) is 1. The molecule has 3 atom stereocenters. The van der Waals surface area contributed by atoms with E-state index in [2.05, 4.69) is 55.3 Å². The molecule has 1 aromatic rings. The number of ether oxygens (including phenoxy) is 1. The summed E-state index contributed by atoms with van der Waals surface area (Å²) in [5.41, 5.74) is 1.37. The summed E-state index contributed by atoms with van der Waals surface area (Å²) < 4.78 is 5.23. The van der Waals surface area contributed by atoms with Crippen molar-refractivity contribution in [1.29, 1.82) is 0 Å². The third-order valence-electron chi connectivity index (χ3n) is 4.52. The summed E-state index contributed by atoms with van der Waals surface area (Å²) in [7, 11) is 1.71. The highest BCUT2D eigenvalue weighted by atomic mass is 16.5. The standard InChI is InChI=1S/C17H28N2O/c1-5-18-16-10-11-19(13(2)12-16)14(3)15-6-8-17(20-4)9-7-15/h6-9,13-14,16,18H,5,10-12H2,1-4H3.